The van der Waals surface area contributed by atoms with Crippen LogP contribution in [0.5, 0.6) is 0 Å². The number of fused-ring (bicyclic) bond motifs is 1. The summed E-state index contributed by atoms with van der Waals surface area (Å²) in [5.41, 5.74) is 4.06. The van der Waals surface area contributed by atoms with Crippen LogP contribution in [0, 0.1) is 11.3 Å². The minimum atomic E-state index is -1.22. The van der Waals surface area contributed by atoms with Gasteiger partial charge in [0.25, 0.3) is 0 Å². The van der Waals surface area contributed by atoms with Gasteiger partial charge in [0.15, 0.2) is 0 Å². The number of benzene rings is 4. The second-order valence-electron chi connectivity index (χ2n) is 8.27. The van der Waals surface area contributed by atoms with Gasteiger partial charge in [-0.1, -0.05) is 72.8 Å². The minimum absolute atomic E-state index is 0.277. The molecular formula is C32H22N2O2S. The summed E-state index contributed by atoms with van der Waals surface area (Å²) in [6, 6.07) is 38.8. The van der Waals surface area contributed by atoms with E-state index in [4.69, 9.17) is 10.4 Å². The monoisotopic (exact) mass is 498 g/mol. The summed E-state index contributed by atoms with van der Waals surface area (Å²) >= 11 is 1.44. The van der Waals surface area contributed by atoms with Gasteiger partial charge in [0.1, 0.15) is 11.6 Å². The quantitative estimate of drug-likeness (QED) is 0.180. The molecule has 1 heterocycles. The Morgan fingerprint density at radius 3 is 1.95 bits per heavy atom. The number of nitrogens with zero attached hydrogens (tertiary/aromatic N) is 2. The van der Waals surface area contributed by atoms with Crippen LogP contribution in [0.4, 0.5) is 17.1 Å². The zero-order valence-electron chi connectivity index (χ0n) is 19.8. The van der Waals surface area contributed by atoms with Gasteiger partial charge >= 0.3 is 5.97 Å². The Morgan fingerprint density at radius 2 is 1.32 bits per heavy atom. The molecule has 5 rings (SSSR count). The zero-order valence-corrected chi connectivity index (χ0v) is 20.6. The van der Waals surface area contributed by atoms with E-state index < -0.39 is 5.97 Å². The first-order valence-electron chi connectivity index (χ1n) is 11.7. The molecule has 0 aliphatic rings. The zero-order chi connectivity index (χ0) is 25.6. The predicted molar refractivity (Wildman–Crippen MR) is 153 cm³/mol. The van der Waals surface area contributed by atoms with Crippen LogP contribution in [0.15, 0.2) is 115 Å². The Kier molecular flexibility index (Phi) is 6.93. The molecule has 178 valence electrons. The van der Waals surface area contributed by atoms with E-state index in [1.54, 1.807) is 6.07 Å². The topological polar surface area (TPSA) is 64.3 Å². The van der Waals surface area contributed by atoms with Crippen molar-refractivity contribution in [2.24, 2.45) is 0 Å². The molecule has 5 aromatic rings. The molecule has 0 amide bonds. The maximum Gasteiger partial charge on any atom is 0.346 e. The van der Waals surface area contributed by atoms with E-state index in [1.165, 1.54) is 17.4 Å². The van der Waals surface area contributed by atoms with Crippen LogP contribution in [0.2, 0.25) is 0 Å². The molecule has 0 radical (unpaired) electrons. The van der Waals surface area contributed by atoms with Crippen LogP contribution in [0.1, 0.15) is 15.3 Å². The van der Waals surface area contributed by atoms with Crippen molar-refractivity contribution in [1.29, 1.82) is 5.26 Å². The molecule has 0 fully saturated rings. The van der Waals surface area contributed by atoms with Gasteiger partial charge in [-0.05, 0) is 65.6 Å². The van der Waals surface area contributed by atoms with Gasteiger partial charge in [0, 0.05) is 26.5 Å². The lowest BCUT2D eigenvalue weighted by molar-refractivity contribution is -0.132. The molecule has 0 aliphatic carbocycles. The number of carboxylic acids is 1. The number of carboxylic acid groups (broad SMARTS) is 1. The van der Waals surface area contributed by atoms with Gasteiger partial charge in [-0.2, -0.15) is 5.26 Å². The largest absolute Gasteiger partial charge is 0.477 e. The molecule has 0 bridgehead atoms. The van der Waals surface area contributed by atoms with Crippen molar-refractivity contribution in [1.82, 2.24) is 0 Å². The molecule has 0 unspecified atom stereocenters. The number of hydrogen-bond acceptors (Lipinski definition) is 4. The molecule has 0 atom stereocenters. The molecule has 1 N–H and O–H groups in total. The maximum atomic E-state index is 11.1. The lowest BCUT2D eigenvalue weighted by atomic mass is 10.0. The van der Waals surface area contributed by atoms with Crippen LogP contribution in [-0.4, -0.2) is 11.1 Å². The van der Waals surface area contributed by atoms with E-state index in [-0.39, 0.29) is 5.57 Å². The summed E-state index contributed by atoms with van der Waals surface area (Å²) < 4.78 is 0. The molecular weight excluding hydrogens is 476 g/mol. The smallest absolute Gasteiger partial charge is 0.346 e. The molecule has 4 aromatic carbocycles. The van der Waals surface area contributed by atoms with Gasteiger partial charge in [-0.15, -0.1) is 11.3 Å². The fourth-order valence-electron chi connectivity index (χ4n) is 4.22. The number of thiophene rings is 1. The summed E-state index contributed by atoms with van der Waals surface area (Å²) in [7, 11) is 0. The van der Waals surface area contributed by atoms with Gasteiger partial charge in [-0.3, -0.25) is 0 Å². The normalized spacial score (nSPS) is 11.5. The highest BCUT2D eigenvalue weighted by molar-refractivity contribution is 7.13. The average molecular weight is 499 g/mol. The number of carbonyl (C=O) groups is 1. The first-order chi connectivity index (χ1) is 18.1. The van der Waals surface area contributed by atoms with Gasteiger partial charge in [-0.25, -0.2) is 4.79 Å². The molecule has 5 heteroatoms. The highest BCUT2D eigenvalue weighted by Gasteiger charge is 2.15. The van der Waals surface area contributed by atoms with Gasteiger partial charge in [0.2, 0.25) is 0 Å². The van der Waals surface area contributed by atoms with Crippen LogP contribution in [0.3, 0.4) is 0 Å². The summed E-state index contributed by atoms with van der Waals surface area (Å²) in [5.74, 6) is -1.22. The van der Waals surface area contributed by atoms with Crippen molar-refractivity contribution in [3.63, 3.8) is 0 Å². The molecule has 0 aliphatic heterocycles. The number of anilines is 3. The van der Waals surface area contributed by atoms with Crippen molar-refractivity contribution in [3.05, 3.63) is 130 Å². The first kappa shape index (κ1) is 23.8. The third kappa shape index (κ3) is 5.20. The van der Waals surface area contributed by atoms with Crippen LogP contribution < -0.4 is 4.90 Å². The van der Waals surface area contributed by atoms with Gasteiger partial charge < -0.3 is 10.0 Å². The van der Waals surface area contributed by atoms with E-state index in [2.05, 4.69) is 65.6 Å². The fraction of sp³-hybridized carbons (Fsp3) is 0. The summed E-state index contributed by atoms with van der Waals surface area (Å²) in [4.78, 5) is 15.1. The Hall–Kier alpha value is -4.92. The highest BCUT2D eigenvalue weighted by Crippen LogP contribution is 2.39. The summed E-state index contributed by atoms with van der Waals surface area (Å²) in [5, 5.41) is 20.4. The predicted octanol–water partition coefficient (Wildman–Crippen LogP) is 8.53. The number of aliphatic carboxylic acids is 1. The van der Waals surface area contributed by atoms with Gasteiger partial charge in [0.05, 0.1) is 5.69 Å². The Labute approximate surface area is 219 Å². The summed E-state index contributed by atoms with van der Waals surface area (Å²) in [6.07, 6.45) is 5.49. The standard InChI is InChI=1S/C32H22N2O2S/c33-22-24(32(35)36)21-28-19-18-27(37-28)17-15-23-16-20-31(30-14-8-7-13-29(23)30)34(25-9-3-1-4-10-25)26-11-5-2-6-12-26/h1-21H,(H,35,36)/b17-15+,24-21+. The number of rotatable bonds is 7. The number of para-hydroxylation sites is 2. The SMILES string of the molecule is N#C/C(=C\c1ccc(/C=C/c2ccc(N(c3ccccc3)c3ccccc3)c3ccccc23)s1)C(=O)O. The molecule has 37 heavy (non-hydrogen) atoms. The third-order valence-corrected chi connectivity index (χ3v) is 6.91. The van der Waals surface area contributed by atoms with Crippen molar-refractivity contribution in [2.75, 3.05) is 4.90 Å². The van der Waals surface area contributed by atoms with E-state index in [0.717, 1.165) is 43.2 Å². The second-order valence-corrected chi connectivity index (χ2v) is 9.42. The highest BCUT2D eigenvalue weighted by atomic mass is 32.1. The van der Waals surface area contributed by atoms with Crippen molar-refractivity contribution < 1.29 is 9.90 Å². The molecule has 0 saturated carbocycles. The Balaban J connectivity index is 1.55. The molecule has 0 spiro atoms. The first-order valence-corrected chi connectivity index (χ1v) is 12.5. The Bertz CT molecular complexity index is 1620. The second kappa shape index (κ2) is 10.8. The Morgan fingerprint density at radius 1 is 0.730 bits per heavy atom. The fourth-order valence-corrected chi connectivity index (χ4v) is 5.08. The van der Waals surface area contributed by atoms with E-state index in [9.17, 15) is 4.79 Å². The van der Waals surface area contributed by atoms with Crippen molar-refractivity contribution in [3.8, 4) is 6.07 Å². The summed E-state index contributed by atoms with van der Waals surface area (Å²) in [6.45, 7) is 0. The third-order valence-electron chi connectivity index (χ3n) is 5.92. The van der Waals surface area contributed by atoms with E-state index >= 15 is 0 Å². The minimum Gasteiger partial charge on any atom is -0.477 e. The van der Waals surface area contributed by atoms with E-state index in [1.807, 2.05) is 60.7 Å². The molecule has 4 nitrogen and oxygen atoms in total. The molecule has 0 saturated heterocycles. The van der Waals surface area contributed by atoms with Crippen LogP contribution in [0.25, 0.3) is 29.0 Å². The van der Waals surface area contributed by atoms with Crippen molar-refractivity contribution >= 4 is 63.4 Å². The van der Waals surface area contributed by atoms with Crippen LogP contribution >= 0.6 is 11.3 Å². The lowest BCUT2D eigenvalue weighted by Crippen LogP contribution is -2.10. The maximum absolute atomic E-state index is 11.1. The van der Waals surface area contributed by atoms with E-state index in [0.29, 0.717) is 0 Å². The van der Waals surface area contributed by atoms with Crippen molar-refractivity contribution in [2.45, 2.75) is 0 Å². The number of nitriles is 1. The average Bonchev–Trinajstić information content (AvgIpc) is 3.39. The molecule has 1 aromatic heterocycles. The number of hydrogen-bond donors (Lipinski definition) is 1. The lowest BCUT2D eigenvalue weighted by Gasteiger charge is -2.27. The van der Waals surface area contributed by atoms with Crippen LogP contribution in [-0.2, 0) is 4.79 Å².